The molecule has 0 aliphatic rings. The number of para-hydroxylation sites is 2. The molecule has 0 bridgehead atoms. The highest BCUT2D eigenvalue weighted by Gasteiger charge is 2.19. The molecule has 1 aromatic carbocycles. The van der Waals surface area contributed by atoms with Crippen LogP contribution in [0.5, 0.6) is 0 Å². The average molecular weight is 340 g/mol. The molecule has 0 aliphatic heterocycles. The molecule has 2 aromatic heterocycles. The van der Waals surface area contributed by atoms with Crippen molar-refractivity contribution in [1.29, 1.82) is 0 Å². The first-order valence-corrected chi connectivity index (χ1v) is 8.84. The van der Waals surface area contributed by atoms with Crippen LogP contribution in [0.15, 0.2) is 41.2 Å². The Morgan fingerprint density at radius 1 is 1.29 bits per heavy atom. The van der Waals surface area contributed by atoms with E-state index in [1.165, 1.54) is 17.4 Å². The Hall–Kier alpha value is -2.47. The summed E-state index contributed by atoms with van der Waals surface area (Å²) < 4.78 is 2.17. The summed E-state index contributed by atoms with van der Waals surface area (Å²) in [7, 11) is 0. The molecule has 3 aromatic rings. The monoisotopic (exact) mass is 340 g/mol. The highest BCUT2D eigenvalue weighted by molar-refractivity contribution is 7.07. The lowest BCUT2D eigenvalue weighted by Crippen LogP contribution is -2.27. The van der Waals surface area contributed by atoms with Crippen LogP contribution in [0, 0.1) is 0 Å². The Morgan fingerprint density at radius 2 is 2.08 bits per heavy atom. The van der Waals surface area contributed by atoms with Crippen molar-refractivity contribution in [2.24, 2.45) is 0 Å². The lowest BCUT2D eigenvalue weighted by atomic mass is 10.2. The maximum absolute atomic E-state index is 12.2. The van der Waals surface area contributed by atoms with Crippen molar-refractivity contribution < 1.29 is 4.79 Å². The normalized spacial score (nSPS) is 13.0. The third kappa shape index (κ3) is 3.38. The van der Waals surface area contributed by atoms with Crippen molar-refractivity contribution >= 4 is 34.4 Å². The Kier molecular flexibility index (Phi) is 4.76. The predicted octanol–water partition coefficient (Wildman–Crippen LogP) is 3.96. The maximum atomic E-state index is 12.2. The Labute approximate surface area is 145 Å². The predicted molar refractivity (Wildman–Crippen MR) is 97.8 cm³/mol. The largest absolute Gasteiger partial charge is 0.343 e. The van der Waals surface area contributed by atoms with E-state index in [4.69, 9.17) is 4.98 Å². The summed E-state index contributed by atoms with van der Waals surface area (Å²) in [5.41, 5.74) is 4.56. The number of nitrogens with one attached hydrogen (secondary N) is 1. The summed E-state index contributed by atoms with van der Waals surface area (Å²) >= 11 is 1.50. The van der Waals surface area contributed by atoms with Gasteiger partial charge in [-0.15, -0.1) is 11.3 Å². The number of nitrogens with zero attached hydrogens (tertiary/aromatic N) is 3. The van der Waals surface area contributed by atoms with E-state index in [2.05, 4.69) is 34.8 Å². The number of carbonyl (C=O) groups excluding carboxylic acids is 1. The van der Waals surface area contributed by atoms with Crippen molar-refractivity contribution in [3.63, 3.8) is 0 Å². The van der Waals surface area contributed by atoms with Gasteiger partial charge in [0.25, 0.3) is 0 Å². The van der Waals surface area contributed by atoms with Gasteiger partial charge in [0.2, 0.25) is 5.91 Å². The molecule has 0 fully saturated rings. The number of hydrogen-bond donors (Lipinski definition) is 1. The fraction of sp³-hybridized carbons (Fsp3) is 0.278. The van der Waals surface area contributed by atoms with Gasteiger partial charge in [-0.2, -0.15) is 0 Å². The van der Waals surface area contributed by atoms with E-state index in [1.54, 1.807) is 11.6 Å². The first kappa shape index (κ1) is 16.4. The van der Waals surface area contributed by atoms with Gasteiger partial charge in [0.05, 0.1) is 28.3 Å². The zero-order chi connectivity index (χ0) is 17.1. The van der Waals surface area contributed by atoms with Gasteiger partial charge in [0, 0.05) is 17.5 Å². The minimum absolute atomic E-state index is 0.155. The summed E-state index contributed by atoms with van der Waals surface area (Å²) in [4.78, 5) is 21.0. The van der Waals surface area contributed by atoms with Crippen LogP contribution in [-0.4, -0.2) is 20.4 Å². The SMILES string of the molecule is CC(C)n1c([C@@H](C)NC(=O)/C=C\c2cscn2)nc2ccccc21. The van der Waals surface area contributed by atoms with Crippen LogP contribution < -0.4 is 5.32 Å². The third-order valence-electron chi connectivity index (χ3n) is 3.74. The molecule has 1 N–H and O–H groups in total. The number of amides is 1. The summed E-state index contributed by atoms with van der Waals surface area (Å²) in [6, 6.07) is 8.11. The smallest absolute Gasteiger partial charge is 0.244 e. The molecule has 1 amide bonds. The van der Waals surface area contributed by atoms with Crippen LogP contribution >= 0.6 is 11.3 Å². The van der Waals surface area contributed by atoms with E-state index in [-0.39, 0.29) is 18.0 Å². The van der Waals surface area contributed by atoms with E-state index in [9.17, 15) is 4.79 Å². The molecule has 1 atom stereocenters. The maximum Gasteiger partial charge on any atom is 0.244 e. The minimum Gasteiger partial charge on any atom is -0.343 e. The summed E-state index contributed by atoms with van der Waals surface area (Å²) in [5.74, 6) is 0.708. The Balaban J connectivity index is 1.82. The molecule has 0 unspecified atom stereocenters. The second kappa shape index (κ2) is 6.97. The van der Waals surface area contributed by atoms with E-state index in [0.717, 1.165) is 22.6 Å². The second-order valence-corrected chi connectivity index (χ2v) is 6.62. The number of rotatable bonds is 5. The van der Waals surface area contributed by atoms with E-state index in [0.29, 0.717) is 0 Å². The van der Waals surface area contributed by atoms with Gasteiger partial charge in [-0.1, -0.05) is 12.1 Å². The highest BCUT2D eigenvalue weighted by atomic mass is 32.1. The fourth-order valence-corrected chi connectivity index (χ4v) is 3.22. The molecule has 6 heteroatoms. The van der Waals surface area contributed by atoms with Gasteiger partial charge in [-0.3, -0.25) is 4.79 Å². The summed E-state index contributed by atoms with van der Waals surface area (Å²) in [6.45, 7) is 6.19. The van der Waals surface area contributed by atoms with Crippen LogP contribution in [0.25, 0.3) is 17.1 Å². The first-order valence-electron chi connectivity index (χ1n) is 7.90. The number of benzene rings is 1. The average Bonchev–Trinajstić information content (AvgIpc) is 3.20. The second-order valence-electron chi connectivity index (χ2n) is 5.90. The molecule has 5 nitrogen and oxygen atoms in total. The summed E-state index contributed by atoms with van der Waals surface area (Å²) in [6.07, 6.45) is 3.22. The van der Waals surface area contributed by atoms with Gasteiger partial charge in [0.15, 0.2) is 0 Å². The molecule has 3 rings (SSSR count). The Morgan fingerprint density at radius 3 is 2.79 bits per heavy atom. The molecule has 0 radical (unpaired) electrons. The van der Waals surface area contributed by atoms with Crippen LogP contribution in [0.1, 0.15) is 44.4 Å². The van der Waals surface area contributed by atoms with Gasteiger partial charge in [0.1, 0.15) is 5.82 Å². The number of aromatic nitrogens is 3. The van der Waals surface area contributed by atoms with E-state index >= 15 is 0 Å². The minimum atomic E-state index is -0.188. The van der Waals surface area contributed by atoms with Crippen molar-refractivity contribution in [1.82, 2.24) is 19.9 Å². The van der Waals surface area contributed by atoms with E-state index < -0.39 is 0 Å². The lowest BCUT2D eigenvalue weighted by Gasteiger charge is -2.18. The third-order valence-corrected chi connectivity index (χ3v) is 4.35. The number of imidazole rings is 1. The van der Waals surface area contributed by atoms with Crippen LogP contribution in [-0.2, 0) is 4.79 Å². The fourth-order valence-electron chi connectivity index (χ4n) is 2.70. The molecule has 0 spiro atoms. The topological polar surface area (TPSA) is 59.8 Å². The van der Waals surface area contributed by atoms with Crippen LogP contribution in [0.2, 0.25) is 0 Å². The van der Waals surface area contributed by atoms with Gasteiger partial charge in [-0.05, 0) is 39.0 Å². The zero-order valence-corrected chi connectivity index (χ0v) is 14.7. The standard InChI is InChI=1S/C18H20N4OS/c1-12(2)22-16-7-5-4-6-15(16)21-18(22)13(3)20-17(23)9-8-14-10-24-11-19-14/h4-13H,1-3H3,(H,20,23)/b9-8-/t13-/m1/s1. The number of thiazole rings is 1. The van der Waals surface area contributed by atoms with Gasteiger partial charge < -0.3 is 9.88 Å². The van der Waals surface area contributed by atoms with Crippen LogP contribution in [0.4, 0.5) is 0 Å². The molecule has 0 saturated carbocycles. The van der Waals surface area contributed by atoms with Crippen molar-refractivity contribution in [2.45, 2.75) is 32.9 Å². The van der Waals surface area contributed by atoms with Crippen LogP contribution in [0.3, 0.4) is 0 Å². The number of carbonyl (C=O) groups is 1. The van der Waals surface area contributed by atoms with Crippen molar-refractivity contribution in [3.8, 4) is 0 Å². The molecule has 0 saturated heterocycles. The van der Waals surface area contributed by atoms with E-state index in [1.807, 2.05) is 30.5 Å². The molecular weight excluding hydrogens is 320 g/mol. The highest BCUT2D eigenvalue weighted by Crippen LogP contribution is 2.24. The number of fused-ring (bicyclic) bond motifs is 1. The zero-order valence-electron chi connectivity index (χ0n) is 13.9. The van der Waals surface area contributed by atoms with Crippen molar-refractivity contribution in [2.75, 3.05) is 0 Å². The summed E-state index contributed by atoms with van der Waals surface area (Å²) in [5, 5.41) is 4.88. The molecule has 0 aliphatic carbocycles. The number of hydrogen-bond acceptors (Lipinski definition) is 4. The van der Waals surface area contributed by atoms with Gasteiger partial charge >= 0.3 is 0 Å². The first-order chi connectivity index (χ1) is 11.6. The van der Waals surface area contributed by atoms with Gasteiger partial charge in [-0.25, -0.2) is 9.97 Å². The Bertz CT molecular complexity index is 864. The molecule has 124 valence electrons. The lowest BCUT2D eigenvalue weighted by molar-refractivity contribution is -0.117. The quantitative estimate of drug-likeness (QED) is 0.715. The molecule has 24 heavy (non-hydrogen) atoms. The molecular formula is C18H20N4OS. The molecule has 2 heterocycles. The van der Waals surface area contributed by atoms with Crippen molar-refractivity contribution in [3.05, 3.63) is 52.8 Å².